The number of fused-ring (bicyclic) bond motifs is 10. The molecule has 8 rings (SSSR count). The molecule has 2 aromatic carbocycles. The van der Waals surface area contributed by atoms with Gasteiger partial charge in [0.15, 0.2) is 11.5 Å². The zero-order chi connectivity index (χ0) is 35.8. The Kier molecular flexibility index (Phi) is 10.7. The summed E-state index contributed by atoms with van der Waals surface area (Å²) in [4.78, 5) is 43.4. The van der Waals surface area contributed by atoms with Gasteiger partial charge in [0.1, 0.15) is 36.2 Å². The van der Waals surface area contributed by atoms with Crippen molar-refractivity contribution < 1.29 is 82.9 Å². The molecular weight excluding hydrogens is 889 g/mol. The number of esters is 1. The van der Waals surface area contributed by atoms with Gasteiger partial charge in [-0.25, -0.2) is 4.79 Å². The third kappa shape index (κ3) is 5.99. The van der Waals surface area contributed by atoms with Crippen molar-refractivity contribution in [1.82, 2.24) is 20.4 Å². The maximum absolute atomic E-state index is 13.7. The van der Waals surface area contributed by atoms with Crippen molar-refractivity contribution in [3.8, 4) is 29.1 Å². The van der Waals surface area contributed by atoms with Gasteiger partial charge in [-0.2, -0.15) is 5.26 Å². The van der Waals surface area contributed by atoms with Crippen LogP contribution < -0.4 is 20.1 Å². The standard InChI is InChI=1S/C36H41N5O8S.Ac/c1-7-8-24(42)38-18(5)35(45)39-20-13-50-34-27-26(33-32(48-14-49-33)17(4)31(27)44)23(12-47-36(20)46)41-22(11-37)21-10-19-9-15(2)16(3)30(43)25(19)28(29(34)41)40(21)6;/h7-9,18,20-23,28-29,34,43-44H,10,12-14H2,1-6H3,(H,38,42)(H,39,45);/b8-7+;/t18?,20-,21-,22-,23+,28+,29?,34+;/m0./s1. The summed E-state index contributed by atoms with van der Waals surface area (Å²) in [5.41, 5.74) is 5.22. The number of rotatable bonds is 4. The number of phenols is 2. The van der Waals surface area contributed by atoms with Crippen molar-refractivity contribution in [3.63, 3.8) is 0 Å². The van der Waals surface area contributed by atoms with Crippen LogP contribution in [0.3, 0.4) is 0 Å². The SMILES string of the molecule is C/C=C/C(=O)NC(C)C(=O)N[C@H]1CS[C@@H]2c3c(O)c(C)c4c(c3[C@@H](COC1=O)N1C2[C@H]2c3c(cc(C)c(C)c3O)C[C@@H]([C@@H]1C#N)N2C)OCO4.[Ac]. The number of likely N-dealkylation sites (N-methyl/N-ethyl adjacent to an activating group) is 1. The Labute approximate surface area is 336 Å². The third-order valence-corrected chi connectivity index (χ3v) is 12.4. The zero-order valence-electron chi connectivity index (χ0n) is 29.4. The number of thioether (sulfide) groups is 1. The van der Waals surface area contributed by atoms with Gasteiger partial charge < -0.3 is 35.1 Å². The summed E-state index contributed by atoms with van der Waals surface area (Å²) in [7, 11) is 1.98. The summed E-state index contributed by atoms with van der Waals surface area (Å²) < 4.78 is 17.9. The molecule has 2 saturated heterocycles. The quantitative estimate of drug-likeness (QED) is 0.262. The molecule has 267 valence electrons. The molecule has 0 saturated carbocycles. The van der Waals surface area contributed by atoms with Gasteiger partial charge in [-0.3, -0.25) is 19.4 Å². The molecule has 2 fully saturated rings. The fraction of sp³-hybridized carbons (Fsp3) is 0.500. The molecule has 51 heavy (non-hydrogen) atoms. The Morgan fingerprint density at radius 1 is 1.10 bits per heavy atom. The number of carbonyl (C=O) groups is 3. The van der Waals surface area contributed by atoms with E-state index in [1.54, 1.807) is 19.9 Å². The smallest absolute Gasteiger partial charge is 0.329 e. The average Bonchev–Trinajstić information content (AvgIpc) is 3.57. The first-order chi connectivity index (χ1) is 23.9. The normalized spacial score (nSPS) is 28.3. The van der Waals surface area contributed by atoms with E-state index in [4.69, 9.17) is 14.2 Å². The average molecular weight is 931 g/mol. The first kappa shape index (κ1) is 37.7. The van der Waals surface area contributed by atoms with E-state index >= 15 is 0 Å². The first-order valence-corrected chi connectivity index (χ1v) is 17.8. The van der Waals surface area contributed by atoms with Crippen LogP contribution in [0.5, 0.6) is 23.0 Å². The number of nitrogens with zero attached hydrogens (tertiary/aromatic N) is 3. The number of carbonyl (C=O) groups excluding carboxylic acids is 3. The number of nitrogens with one attached hydrogen (secondary N) is 2. The van der Waals surface area contributed by atoms with Gasteiger partial charge >= 0.3 is 5.97 Å². The van der Waals surface area contributed by atoms with Gasteiger partial charge in [0.2, 0.25) is 18.6 Å². The Hall–Kier alpha value is -3.01. The van der Waals surface area contributed by atoms with Crippen LogP contribution in [0.4, 0.5) is 0 Å². The second-order valence-corrected chi connectivity index (χ2v) is 14.9. The van der Waals surface area contributed by atoms with E-state index in [0.717, 1.165) is 22.3 Å². The molecule has 2 amide bonds. The van der Waals surface area contributed by atoms with Crippen molar-refractivity contribution >= 4 is 29.5 Å². The largest absolute Gasteiger partial charge is 0.507 e. The van der Waals surface area contributed by atoms with Crippen LogP contribution in [0.2, 0.25) is 0 Å². The number of nitriles is 1. The Bertz CT molecular complexity index is 1880. The van der Waals surface area contributed by atoms with Gasteiger partial charge in [0.05, 0.1) is 23.4 Å². The molecule has 2 aromatic rings. The van der Waals surface area contributed by atoms with E-state index in [1.165, 1.54) is 24.8 Å². The summed E-state index contributed by atoms with van der Waals surface area (Å²) in [6.07, 6.45) is 3.40. The molecule has 6 aliphatic rings. The van der Waals surface area contributed by atoms with Crippen LogP contribution in [-0.2, 0) is 25.5 Å². The molecule has 0 spiro atoms. The second kappa shape index (κ2) is 14.4. The molecule has 4 N–H and O–H groups in total. The van der Waals surface area contributed by atoms with Crippen molar-refractivity contribution in [2.75, 3.05) is 26.2 Å². The van der Waals surface area contributed by atoms with Crippen LogP contribution >= 0.6 is 11.8 Å². The minimum Gasteiger partial charge on any atom is -0.507 e. The molecule has 13 nitrogen and oxygen atoms in total. The predicted octanol–water partition coefficient (Wildman–Crippen LogP) is 2.88. The monoisotopic (exact) mass is 930 g/mol. The summed E-state index contributed by atoms with van der Waals surface area (Å²) in [5, 5.41) is 39.4. The molecule has 4 bridgehead atoms. The number of allylic oxidation sites excluding steroid dienone is 1. The predicted molar refractivity (Wildman–Crippen MR) is 183 cm³/mol. The molecule has 6 aliphatic heterocycles. The van der Waals surface area contributed by atoms with E-state index in [9.17, 15) is 29.9 Å². The fourth-order valence-electron chi connectivity index (χ4n) is 8.45. The number of aryl methyl sites for hydroxylation is 1. The minimum atomic E-state index is -1.08. The molecular formula is C36H41AcN5O8S. The summed E-state index contributed by atoms with van der Waals surface area (Å²) in [6, 6.07) is 0.128. The first-order valence-electron chi connectivity index (χ1n) is 16.8. The molecule has 2 unspecified atom stereocenters. The number of hydrogen-bond donors (Lipinski definition) is 4. The van der Waals surface area contributed by atoms with Crippen LogP contribution in [-0.4, -0.2) is 94.2 Å². The Morgan fingerprint density at radius 3 is 2.51 bits per heavy atom. The van der Waals surface area contributed by atoms with Crippen molar-refractivity contribution in [1.29, 1.82) is 5.26 Å². The van der Waals surface area contributed by atoms with Crippen LogP contribution in [0.25, 0.3) is 0 Å². The summed E-state index contributed by atoms with van der Waals surface area (Å²) >= 11 is 1.36. The van der Waals surface area contributed by atoms with Crippen LogP contribution in [0.15, 0.2) is 18.2 Å². The number of benzene rings is 2. The molecule has 6 heterocycles. The summed E-state index contributed by atoms with van der Waals surface area (Å²) in [6.45, 7) is 8.59. The molecule has 8 atom stereocenters. The molecule has 0 aliphatic carbocycles. The second-order valence-electron chi connectivity index (χ2n) is 13.7. The van der Waals surface area contributed by atoms with Crippen LogP contribution in [0.1, 0.15) is 70.1 Å². The number of aromatic hydroxyl groups is 2. The molecule has 15 heteroatoms. The number of amides is 2. The maximum atomic E-state index is 13.7. The Morgan fingerprint density at radius 2 is 1.80 bits per heavy atom. The van der Waals surface area contributed by atoms with E-state index in [-0.39, 0.29) is 80.8 Å². The molecule has 0 aromatic heterocycles. The topological polar surface area (TPSA) is 174 Å². The van der Waals surface area contributed by atoms with Gasteiger partial charge in [-0.15, -0.1) is 11.8 Å². The van der Waals surface area contributed by atoms with E-state index in [2.05, 4.69) is 32.6 Å². The van der Waals surface area contributed by atoms with Crippen LogP contribution in [0, 0.1) is 76.2 Å². The van der Waals surface area contributed by atoms with E-state index in [0.29, 0.717) is 34.6 Å². The number of hydrogen-bond acceptors (Lipinski definition) is 12. The van der Waals surface area contributed by atoms with Crippen molar-refractivity contribution in [3.05, 3.63) is 57.2 Å². The van der Waals surface area contributed by atoms with Gasteiger partial charge in [-0.1, -0.05) is 12.1 Å². The van der Waals surface area contributed by atoms with Crippen molar-refractivity contribution in [2.45, 2.75) is 88.6 Å². The van der Waals surface area contributed by atoms with Crippen molar-refractivity contribution in [2.24, 2.45) is 0 Å². The Balaban J connectivity index is 0.00000448. The zero-order valence-corrected chi connectivity index (χ0v) is 34.9. The number of ether oxygens (including phenoxy) is 3. The third-order valence-electron chi connectivity index (χ3n) is 11.0. The van der Waals surface area contributed by atoms with Gasteiger partial charge in [0, 0.05) is 84.2 Å². The van der Waals surface area contributed by atoms with E-state index < -0.39 is 59.3 Å². The number of piperazine rings is 1. The van der Waals surface area contributed by atoms with E-state index in [1.807, 2.05) is 20.9 Å². The minimum absolute atomic E-state index is 0. The van der Waals surface area contributed by atoms with Gasteiger partial charge in [0.25, 0.3) is 0 Å². The molecule has 1 radical (unpaired) electrons. The summed E-state index contributed by atoms with van der Waals surface area (Å²) in [5.74, 6) is -0.512. The van der Waals surface area contributed by atoms with Gasteiger partial charge in [-0.05, 0) is 70.9 Å². The fourth-order valence-corrected chi connectivity index (χ4v) is 9.96. The maximum Gasteiger partial charge on any atom is 0.329 e. The number of phenolic OH excluding ortho intramolecular Hbond substituents is 2.